The first kappa shape index (κ1) is 38.8. The summed E-state index contributed by atoms with van der Waals surface area (Å²) in [5, 5.41) is 0. The molecule has 0 spiro atoms. The smallest absolute Gasteiger partial charge is 0.418 e. The topological polar surface area (TPSA) is 65.0 Å². The van der Waals surface area contributed by atoms with Gasteiger partial charge in [0.1, 0.15) is 5.82 Å². The highest BCUT2D eigenvalue weighted by Gasteiger charge is 2.38. The average molecular weight is 649 g/mol. The Bertz CT molecular complexity index is 1220. The van der Waals surface area contributed by atoms with Crippen LogP contribution in [0.5, 0.6) is 6.01 Å². The average Bonchev–Trinajstić information content (AvgIpc) is 3.55. The van der Waals surface area contributed by atoms with Gasteiger partial charge < -0.3 is 24.3 Å². The van der Waals surface area contributed by atoms with Crippen LogP contribution in [-0.4, -0.2) is 85.6 Å². The number of halogens is 3. The molecule has 2 saturated heterocycles. The van der Waals surface area contributed by atoms with Crippen LogP contribution in [0.4, 0.5) is 24.7 Å². The van der Waals surface area contributed by atoms with Gasteiger partial charge in [0.25, 0.3) is 0 Å². The summed E-state index contributed by atoms with van der Waals surface area (Å²) < 4.78 is 46.7. The molecule has 0 atom stereocenters. The molecule has 0 saturated carbocycles. The number of carbonyl (C=O) groups is 1. The maximum absolute atomic E-state index is 13.8. The molecule has 1 aromatic heterocycles. The second kappa shape index (κ2) is 19.4. The fourth-order valence-corrected chi connectivity index (χ4v) is 5.73. The monoisotopic (exact) mass is 648 g/mol. The first-order chi connectivity index (χ1) is 22.0. The van der Waals surface area contributed by atoms with Gasteiger partial charge in [-0.25, -0.2) is 0 Å². The van der Waals surface area contributed by atoms with Crippen LogP contribution in [0.1, 0.15) is 82.2 Å². The van der Waals surface area contributed by atoms with Crippen LogP contribution in [-0.2, 0) is 23.9 Å². The molecule has 46 heavy (non-hydrogen) atoms. The van der Waals surface area contributed by atoms with Gasteiger partial charge in [0, 0.05) is 44.0 Å². The number of rotatable bonds is 6. The van der Waals surface area contributed by atoms with Crippen molar-refractivity contribution >= 4 is 17.4 Å². The summed E-state index contributed by atoms with van der Waals surface area (Å²) in [6.07, 6.45) is 4.27. The van der Waals surface area contributed by atoms with Gasteiger partial charge in [-0.15, -0.1) is 0 Å². The normalized spacial score (nSPS) is 16.2. The Kier molecular flexibility index (Phi) is 16.3. The molecular weight excluding hydrogens is 593 g/mol. The summed E-state index contributed by atoms with van der Waals surface area (Å²) in [6.45, 7) is 19.0. The number of fused-ring (bicyclic) bond motifs is 1. The number of ether oxygens (including phenoxy) is 1. The standard InChI is InChI=1S/C23H26F3N5O2.C5H11N.C5H12.C2H6/c1-4-19(32)29-10-12-30(13-11-29)21-16-8-9-31(14-17(16)27-22(28-21)33-3)18-7-5-6-15(2)20(18)23(24,25)26;1-6-4-2-3-5-6;1-3-5-4-2;1-2/h4-7H,1,8-14H2,2-3H3;2-5H2,1H3;3-5H2,1-2H3;1-2H3. The number of nitrogens with zero attached hydrogens (tertiary/aromatic N) is 6. The number of likely N-dealkylation sites (tertiary alicyclic amines) is 1. The third-order valence-electron chi connectivity index (χ3n) is 8.18. The summed E-state index contributed by atoms with van der Waals surface area (Å²) in [5.41, 5.74) is 1.30. The van der Waals surface area contributed by atoms with E-state index in [1.807, 2.05) is 13.8 Å². The van der Waals surface area contributed by atoms with Crippen molar-refractivity contribution in [1.82, 2.24) is 19.8 Å². The van der Waals surface area contributed by atoms with E-state index in [4.69, 9.17) is 4.74 Å². The Labute approximate surface area is 274 Å². The zero-order chi connectivity index (χ0) is 34.3. The van der Waals surface area contributed by atoms with Crippen molar-refractivity contribution in [1.29, 1.82) is 0 Å². The largest absolute Gasteiger partial charge is 0.467 e. The molecule has 11 heteroatoms. The molecule has 0 N–H and O–H groups in total. The number of piperazine rings is 1. The first-order valence-corrected chi connectivity index (χ1v) is 16.7. The number of carbonyl (C=O) groups excluding carboxylic acids is 1. The molecule has 1 amide bonds. The van der Waals surface area contributed by atoms with Crippen molar-refractivity contribution in [3.05, 3.63) is 53.2 Å². The number of hydrogen-bond acceptors (Lipinski definition) is 7. The summed E-state index contributed by atoms with van der Waals surface area (Å²) in [5.74, 6) is 0.619. The Hall–Kier alpha value is -3.34. The number of methoxy groups -OCH3 is 1. The second-order valence-electron chi connectivity index (χ2n) is 11.5. The SMILES string of the molecule is C=CC(=O)N1CCN(c2nc(OC)nc3c2CCN(c2cccc(C)c2C(F)(F)F)C3)CC1.CC.CCCCC.CN1CCCC1. The van der Waals surface area contributed by atoms with Gasteiger partial charge in [-0.3, -0.25) is 4.79 Å². The van der Waals surface area contributed by atoms with Crippen molar-refractivity contribution in [2.75, 3.05) is 69.8 Å². The Balaban J connectivity index is 0.000000476. The van der Waals surface area contributed by atoms with E-state index in [0.717, 1.165) is 11.4 Å². The minimum atomic E-state index is -4.45. The highest BCUT2D eigenvalue weighted by Crippen LogP contribution is 2.41. The van der Waals surface area contributed by atoms with Crippen LogP contribution in [0.25, 0.3) is 0 Å². The molecule has 3 aliphatic rings. The van der Waals surface area contributed by atoms with Gasteiger partial charge >= 0.3 is 12.2 Å². The highest BCUT2D eigenvalue weighted by molar-refractivity contribution is 5.87. The third kappa shape index (κ3) is 10.9. The van der Waals surface area contributed by atoms with E-state index in [2.05, 4.69) is 47.2 Å². The van der Waals surface area contributed by atoms with Crippen LogP contribution >= 0.6 is 0 Å². The molecule has 2 aromatic rings. The van der Waals surface area contributed by atoms with E-state index in [0.29, 0.717) is 44.8 Å². The summed E-state index contributed by atoms with van der Waals surface area (Å²) in [6, 6.07) is 4.81. The molecule has 4 heterocycles. The van der Waals surface area contributed by atoms with Crippen LogP contribution in [0.2, 0.25) is 0 Å². The number of aryl methyl sites for hydroxylation is 1. The Morgan fingerprint density at radius 2 is 1.61 bits per heavy atom. The van der Waals surface area contributed by atoms with E-state index in [-0.39, 0.29) is 29.7 Å². The van der Waals surface area contributed by atoms with E-state index < -0.39 is 11.7 Å². The molecule has 0 unspecified atom stereocenters. The number of benzene rings is 1. The molecule has 1 aromatic carbocycles. The maximum Gasteiger partial charge on any atom is 0.418 e. The molecule has 2 fully saturated rings. The van der Waals surface area contributed by atoms with Crippen molar-refractivity contribution < 1.29 is 22.7 Å². The number of alkyl halides is 3. The van der Waals surface area contributed by atoms with E-state index in [1.54, 1.807) is 15.9 Å². The molecule has 5 rings (SSSR count). The molecule has 0 radical (unpaired) electrons. The first-order valence-electron chi connectivity index (χ1n) is 16.7. The van der Waals surface area contributed by atoms with Crippen LogP contribution in [0.3, 0.4) is 0 Å². The lowest BCUT2D eigenvalue weighted by molar-refractivity contribution is -0.137. The summed E-state index contributed by atoms with van der Waals surface area (Å²) in [4.78, 5) is 28.8. The molecule has 8 nitrogen and oxygen atoms in total. The molecule has 258 valence electrons. The Morgan fingerprint density at radius 3 is 2.09 bits per heavy atom. The van der Waals surface area contributed by atoms with Crippen molar-refractivity contribution in [3.63, 3.8) is 0 Å². The molecule has 3 aliphatic heterocycles. The summed E-state index contributed by atoms with van der Waals surface area (Å²) >= 11 is 0. The predicted molar refractivity (Wildman–Crippen MR) is 182 cm³/mol. The van der Waals surface area contributed by atoms with Crippen molar-refractivity contribution in [3.8, 4) is 6.01 Å². The number of aromatic nitrogens is 2. The van der Waals surface area contributed by atoms with Gasteiger partial charge in [0.15, 0.2) is 0 Å². The zero-order valence-corrected chi connectivity index (χ0v) is 29.0. The minimum absolute atomic E-state index is 0.105. The highest BCUT2D eigenvalue weighted by atomic mass is 19.4. The van der Waals surface area contributed by atoms with E-state index in [9.17, 15) is 18.0 Å². The van der Waals surface area contributed by atoms with Gasteiger partial charge in [0.2, 0.25) is 5.91 Å². The van der Waals surface area contributed by atoms with Crippen molar-refractivity contribution in [2.45, 2.75) is 85.9 Å². The zero-order valence-electron chi connectivity index (χ0n) is 29.0. The molecular formula is C35H55F3N6O2. The van der Waals surface area contributed by atoms with Gasteiger partial charge in [-0.1, -0.05) is 65.7 Å². The van der Waals surface area contributed by atoms with E-state index >= 15 is 0 Å². The van der Waals surface area contributed by atoms with Crippen molar-refractivity contribution in [2.24, 2.45) is 0 Å². The van der Waals surface area contributed by atoms with E-state index in [1.165, 1.54) is 77.4 Å². The molecule has 0 aliphatic carbocycles. The maximum atomic E-state index is 13.8. The summed E-state index contributed by atoms with van der Waals surface area (Å²) in [7, 11) is 3.64. The quantitative estimate of drug-likeness (QED) is 0.309. The second-order valence-corrected chi connectivity index (χ2v) is 11.5. The van der Waals surface area contributed by atoms with Gasteiger partial charge in [-0.05, 0) is 64.0 Å². The Morgan fingerprint density at radius 1 is 0.978 bits per heavy atom. The minimum Gasteiger partial charge on any atom is -0.467 e. The van der Waals surface area contributed by atoms with Crippen LogP contribution in [0, 0.1) is 6.92 Å². The third-order valence-corrected chi connectivity index (χ3v) is 8.18. The number of amides is 1. The predicted octanol–water partition coefficient (Wildman–Crippen LogP) is 7.14. The number of unbranched alkanes of at least 4 members (excludes halogenated alkanes) is 2. The van der Waals surface area contributed by atoms with Crippen LogP contribution in [0.15, 0.2) is 30.9 Å². The lowest BCUT2D eigenvalue weighted by Crippen LogP contribution is -2.49. The number of hydrogen-bond donors (Lipinski definition) is 0. The lowest BCUT2D eigenvalue weighted by atomic mass is 10.0. The fraction of sp³-hybridized carbons (Fsp3) is 0.629. The number of anilines is 2. The van der Waals surface area contributed by atoms with Crippen LogP contribution < -0.4 is 14.5 Å². The fourth-order valence-electron chi connectivity index (χ4n) is 5.73. The molecule has 0 bridgehead atoms. The van der Waals surface area contributed by atoms with Gasteiger partial charge in [-0.2, -0.15) is 23.1 Å². The van der Waals surface area contributed by atoms with Gasteiger partial charge in [0.05, 0.1) is 24.9 Å². The lowest BCUT2D eigenvalue weighted by Gasteiger charge is -2.38.